The third-order valence-corrected chi connectivity index (χ3v) is 4.83. The summed E-state index contributed by atoms with van der Waals surface area (Å²) in [6.45, 7) is 3.84. The average molecular weight is 344 g/mol. The lowest BCUT2D eigenvalue weighted by Crippen LogP contribution is -2.38. The second-order valence-electron chi connectivity index (χ2n) is 6.90. The number of esters is 1. The molecule has 0 bridgehead atoms. The zero-order chi connectivity index (χ0) is 18.0. The second-order valence-corrected chi connectivity index (χ2v) is 6.90. The Bertz CT molecular complexity index is 657. The van der Waals surface area contributed by atoms with Crippen LogP contribution in [0.5, 0.6) is 0 Å². The molecule has 1 saturated carbocycles. The molecular weight excluding hydrogens is 320 g/mol. The van der Waals surface area contributed by atoms with Crippen LogP contribution in [0.15, 0.2) is 30.3 Å². The van der Waals surface area contributed by atoms with Crippen molar-refractivity contribution in [3.63, 3.8) is 0 Å². The summed E-state index contributed by atoms with van der Waals surface area (Å²) in [4.78, 5) is 38.3. The zero-order valence-corrected chi connectivity index (χ0v) is 14.6. The maximum Gasteiger partial charge on any atom is 0.312 e. The van der Waals surface area contributed by atoms with Crippen molar-refractivity contribution in [3.8, 4) is 0 Å². The van der Waals surface area contributed by atoms with Crippen LogP contribution in [0, 0.1) is 5.92 Å². The van der Waals surface area contributed by atoms with Gasteiger partial charge in [-0.2, -0.15) is 0 Å². The zero-order valence-electron chi connectivity index (χ0n) is 14.6. The molecule has 1 heterocycles. The molecule has 3 rings (SSSR count). The van der Waals surface area contributed by atoms with Gasteiger partial charge in [-0.15, -0.1) is 0 Å². The first-order chi connectivity index (χ1) is 12.0. The predicted octanol–water partition coefficient (Wildman–Crippen LogP) is 1.81. The van der Waals surface area contributed by atoms with Gasteiger partial charge in [-0.1, -0.05) is 30.3 Å². The van der Waals surface area contributed by atoms with Crippen LogP contribution in [0.3, 0.4) is 0 Å². The van der Waals surface area contributed by atoms with E-state index in [-0.39, 0.29) is 30.3 Å². The van der Waals surface area contributed by atoms with Crippen LogP contribution in [-0.4, -0.2) is 41.4 Å². The van der Waals surface area contributed by atoms with Crippen LogP contribution >= 0.6 is 0 Å². The molecule has 2 amide bonds. The van der Waals surface area contributed by atoms with E-state index in [2.05, 4.69) is 5.32 Å². The van der Waals surface area contributed by atoms with Gasteiger partial charge in [-0.05, 0) is 32.3 Å². The van der Waals surface area contributed by atoms with E-state index >= 15 is 0 Å². The second kappa shape index (κ2) is 7.25. The number of ether oxygens (including phenoxy) is 1. The monoisotopic (exact) mass is 344 g/mol. The van der Waals surface area contributed by atoms with Crippen molar-refractivity contribution in [2.24, 2.45) is 5.92 Å². The standard InChI is InChI=1S/C19H24N2O4/c1-12(14-6-4-3-5-7-14)21-11-15(10-17(21)22)19(24)25-13(2)18(23)20-16-8-9-16/h3-7,12-13,15-16H,8-11H2,1-2H3,(H,20,23)/t12-,13+,15-/m1/s1. The van der Waals surface area contributed by atoms with E-state index in [1.54, 1.807) is 11.8 Å². The Kier molecular flexibility index (Phi) is 5.06. The van der Waals surface area contributed by atoms with Crippen LogP contribution in [0.25, 0.3) is 0 Å². The fraction of sp³-hybridized carbons (Fsp3) is 0.526. The number of nitrogens with zero attached hydrogens (tertiary/aromatic N) is 1. The van der Waals surface area contributed by atoms with Crippen molar-refractivity contribution in [2.45, 2.75) is 51.3 Å². The number of likely N-dealkylation sites (tertiary alicyclic amines) is 1. The highest BCUT2D eigenvalue weighted by Crippen LogP contribution is 2.29. The van der Waals surface area contributed by atoms with E-state index in [4.69, 9.17) is 4.74 Å². The van der Waals surface area contributed by atoms with Gasteiger partial charge in [0.15, 0.2) is 6.10 Å². The number of amides is 2. The Hall–Kier alpha value is -2.37. The summed E-state index contributed by atoms with van der Waals surface area (Å²) in [5.74, 6) is -1.33. The molecular formula is C19H24N2O4. The van der Waals surface area contributed by atoms with Gasteiger partial charge in [0.05, 0.1) is 12.0 Å². The molecule has 2 fully saturated rings. The lowest BCUT2D eigenvalue weighted by atomic mass is 10.1. The van der Waals surface area contributed by atoms with Crippen molar-refractivity contribution >= 4 is 17.8 Å². The van der Waals surface area contributed by atoms with Gasteiger partial charge in [0.2, 0.25) is 5.91 Å². The summed E-state index contributed by atoms with van der Waals surface area (Å²) in [6, 6.07) is 9.85. The molecule has 1 aromatic carbocycles. The third kappa shape index (κ3) is 4.18. The fourth-order valence-corrected chi connectivity index (χ4v) is 3.05. The van der Waals surface area contributed by atoms with Gasteiger partial charge in [0, 0.05) is 19.0 Å². The molecule has 0 unspecified atom stereocenters. The predicted molar refractivity (Wildman–Crippen MR) is 91.4 cm³/mol. The number of hydrogen-bond donors (Lipinski definition) is 1. The molecule has 1 N–H and O–H groups in total. The topological polar surface area (TPSA) is 75.7 Å². The Morgan fingerprint density at radius 3 is 2.52 bits per heavy atom. The quantitative estimate of drug-likeness (QED) is 0.799. The number of benzene rings is 1. The van der Waals surface area contributed by atoms with E-state index in [1.807, 2.05) is 37.3 Å². The van der Waals surface area contributed by atoms with Crippen molar-refractivity contribution in [1.29, 1.82) is 0 Å². The van der Waals surface area contributed by atoms with Crippen LogP contribution < -0.4 is 5.32 Å². The van der Waals surface area contributed by atoms with Crippen molar-refractivity contribution in [1.82, 2.24) is 10.2 Å². The number of carbonyl (C=O) groups is 3. The molecule has 0 spiro atoms. The largest absolute Gasteiger partial charge is 0.452 e. The first kappa shape index (κ1) is 17.5. The summed E-state index contributed by atoms with van der Waals surface area (Å²) < 4.78 is 5.28. The molecule has 1 aliphatic carbocycles. The molecule has 25 heavy (non-hydrogen) atoms. The summed E-state index contributed by atoms with van der Waals surface area (Å²) in [5, 5.41) is 2.81. The summed E-state index contributed by atoms with van der Waals surface area (Å²) >= 11 is 0. The van der Waals surface area contributed by atoms with Gasteiger partial charge in [0.1, 0.15) is 0 Å². The number of rotatable bonds is 6. The molecule has 1 saturated heterocycles. The van der Waals surface area contributed by atoms with Crippen LogP contribution in [-0.2, 0) is 19.1 Å². The molecule has 1 aromatic rings. The number of nitrogens with one attached hydrogen (secondary N) is 1. The van der Waals surface area contributed by atoms with Crippen LogP contribution in [0.2, 0.25) is 0 Å². The van der Waals surface area contributed by atoms with E-state index in [1.165, 1.54) is 0 Å². The minimum absolute atomic E-state index is 0.0617. The summed E-state index contributed by atoms with van der Waals surface area (Å²) in [7, 11) is 0. The Morgan fingerprint density at radius 1 is 1.20 bits per heavy atom. The Labute approximate surface area is 147 Å². The molecule has 134 valence electrons. The normalized spacial score (nSPS) is 22.4. The lowest BCUT2D eigenvalue weighted by Gasteiger charge is -2.25. The minimum Gasteiger partial charge on any atom is -0.452 e. The van der Waals surface area contributed by atoms with Gasteiger partial charge in [-0.25, -0.2) is 0 Å². The van der Waals surface area contributed by atoms with Gasteiger partial charge in [0.25, 0.3) is 5.91 Å². The minimum atomic E-state index is -0.830. The first-order valence-electron chi connectivity index (χ1n) is 8.81. The fourth-order valence-electron chi connectivity index (χ4n) is 3.05. The van der Waals surface area contributed by atoms with Crippen molar-refractivity contribution in [3.05, 3.63) is 35.9 Å². The number of hydrogen-bond acceptors (Lipinski definition) is 4. The highest BCUT2D eigenvalue weighted by Gasteiger charge is 2.39. The molecule has 0 aromatic heterocycles. The highest BCUT2D eigenvalue weighted by molar-refractivity contribution is 5.89. The van der Waals surface area contributed by atoms with E-state index in [0.717, 1.165) is 18.4 Å². The van der Waals surface area contributed by atoms with E-state index in [0.29, 0.717) is 6.54 Å². The summed E-state index contributed by atoms with van der Waals surface area (Å²) in [5.41, 5.74) is 1.03. The molecule has 2 aliphatic rings. The Morgan fingerprint density at radius 2 is 1.88 bits per heavy atom. The van der Waals surface area contributed by atoms with Crippen LogP contribution in [0.4, 0.5) is 0 Å². The SMILES string of the molecule is C[C@H](OC(=O)[C@@H]1CC(=O)N([C@H](C)c2ccccc2)C1)C(=O)NC1CC1. The van der Waals surface area contributed by atoms with Crippen molar-refractivity contribution in [2.75, 3.05) is 6.54 Å². The molecule has 3 atom stereocenters. The molecule has 6 nitrogen and oxygen atoms in total. The van der Waals surface area contributed by atoms with Crippen molar-refractivity contribution < 1.29 is 19.1 Å². The maximum absolute atomic E-state index is 12.3. The molecule has 6 heteroatoms. The van der Waals surface area contributed by atoms with E-state index in [9.17, 15) is 14.4 Å². The smallest absolute Gasteiger partial charge is 0.312 e. The lowest BCUT2D eigenvalue weighted by molar-refractivity contribution is -0.158. The highest BCUT2D eigenvalue weighted by atomic mass is 16.5. The summed E-state index contributed by atoms with van der Waals surface area (Å²) in [6.07, 6.45) is 1.27. The van der Waals surface area contributed by atoms with Gasteiger partial charge >= 0.3 is 5.97 Å². The molecule has 0 radical (unpaired) electrons. The Balaban J connectivity index is 1.56. The van der Waals surface area contributed by atoms with Gasteiger partial charge < -0.3 is 15.0 Å². The third-order valence-electron chi connectivity index (χ3n) is 4.83. The van der Waals surface area contributed by atoms with Crippen LogP contribution in [0.1, 0.15) is 44.7 Å². The average Bonchev–Trinajstić information content (AvgIpc) is 3.33. The van der Waals surface area contributed by atoms with Gasteiger partial charge in [-0.3, -0.25) is 14.4 Å². The first-order valence-corrected chi connectivity index (χ1v) is 8.81. The maximum atomic E-state index is 12.3. The molecule has 1 aliphatic heterocycles. The van der Waals surface area contributed by atoms with E-state index < -0.39 is 18.0 Å². The number of carbonyl (C=O) groups excluding carboxylic acids is 3.